The average Bonchev–Trinajstić information content (AvgIpc) is 2.62. The Labute approximate surface area is 143 Å². The minimum atomic E-state index is -0.839. The molecule has 3 rings (SSSR count). The topological polar surface area (TPSA) is 52.6 Å². The molecule has 4 heteroatoms. The van der Waals surface area contributed by atoms with Gasteiger partial charge in [0.15, 0.2) is 0 Å². The Morgan fingerprint density at radius 1 is 1.12 bits per heavy atom. The summed E-state index contributed by atoms with van der Waals surface area (Å²) in [5.74, 6) is -0.541. The van der Waals surface area contributed by atoms with E-state index in [1.807, 2.05) is 25.2 Å². The summed E-state index contributed by atoms with van der Waals surface area (Å²) in [7, 11) is 1.86. The summed E-state index contributed by atoms with van der Waals surface area (Å²) in [6.07, 6.45) is 1.98. The normalized spacial score (nSPS) is 16.0. The molecule has 0 amide bonds. The van der Waals surface area contributed by atoms with E-state index in [2.05, 4.69) is 34.5 Å². The van der Waals surface area contributed by atoms with Gasteiger partial charge in [0.2, 0.25) is 0 Å². The number of anilines is 1. The monoisotopic (exact) mass is 324 g/mol. The molecule has 2 N–H and O–H groups in total. The van der Waals surface area contributed by atoms with Crippen LogP contribution in [0.2, 0.25) is 0 Å². The first-order valence-electron chi connectivity index (χ1n) is 8.49. The molecule has 1 aliphatic rings. The second-order valence-electron chi connectivity index (χ2n) is 6.36. The molecule has 0 saturated carbocycles. The highest BCUT2D eigenvalue weighted by molar-refractivity contribution is 5.91. The van der Waals surface area contributed by atoms with Crippen LogP contribution in [-0.4, -0.2) is 36.1 Å². The zero-order chi connectivity index (χ0) is 16.9. The van der Waals surface area contributed by atoms with Gasteiger partial charge in [-0.2, -0.15) is 0 Å². The van der Waals surface area contributed by atoms with Crippen molar-refractivity contribution < 1.29 is 9.90 Å². The van der Waals surface area contributed by atoms with Crippen LogP contribution < -0.4 is 5.32 Å². The number of rotatable bonds is 5. The molecule has 0 aromatic heterocycles. The number of likely N-dealkylation sites (tertiary alicyclic amines) is 1. The SMILES string of the molecule is CNc1cccc(C(=O)O)c1C1CCN(Cc2ccccc2)CC1. The van der Waals surface area contributed by atoms with E-state index in [1.54, 1.807) is 6.07 Å². The first kappa shape index (κ1) is 16.5. The lowest BCUT2D eigenvalue weighted by Gasteiger charge is -2.33. The molecule has 1 heterocycles. The van der Waals surface area contributed by atoms with Gasteiger partial charge in [0.1, 0.15) is 0 Å². The number of carboxylic acid groups (broad SMARTS) is 1. The highest BCUT2D eigenvalue weighted by Crippen LogP contribution is 2.35. The van der Waals surface area contributed by atoms with Gasteiger partial charge in [-0.05, 0) is 55.1 Å². The minimum Gasteiger partial charge on any atom is -0.478 e. The molecule has 2 aromatic carbocycles. The van der Waals surface area contributed by atoms with Crippen LogP contribution in [0.3, 0.4) is 0 Å². The van der Waals surface area contributed by atoms with E-state index < -0.39 is 5.97 Å². The van der Waals surface area contributed by atoms with Crippen molar-refractivity contribution in [1.82, 2.24) is 4.90 Å². The summed E-state index contributed by atoms with van der Waals surface area (Å²) in [5.41, 5.74) is 3.67. The Bertz CT molecular complexity index is 692. The van der Waals surface area contributed by atoms with E-state index in [9.17, 15) is 9.90 Å². The van der Waals surface area contributed by atoms with Crippen LogP contribution in [0.15, 0.2) is 48.5 Å². The highest BCUT2D eigenvalue weighted by atomic mass is 16.4. The van der Waals surface area contributed by atoms with E-state index in [-0.39, 0.29) is 0 Å². The van der Waals surface area contributed by atoms with E-state index in [1.165, 1.54) is 5.56 Å². The molecule has 0 atom stereocenters. The van der Waals surface area contributed by atoms with Gasteiger partial charge in [-0.25, -0.2) is 4.79 Å². The number of nitrogens with one attached hydrogen (secondary N) is 1. The maximum atomic E-state index is 11.6. The summed E-state index contributed by atoms with van der Waals surface area (Å²) < 4.78 is 0. The predicted octanol–water partition coefficient (Wildman–Crippen LogP) is 3.81. The molecule has 126 valence electrons. The fraction of sp³-hybridized carbons (Fsp3) is 0.350. The van der Waals surface area contributed by atoms with E-state index >= 15 is 0 Å². The number of piperidine rings is 1. The third-order valence-electron chi connectivity index (χ3n) is 4.85. The Kier molecular flexibility index (Phi) is 5.16. The molecule has 0 bridgehead atoms. The molecule has 2 aromatic rings. The summed E-state index contributed by atoms with van der Waals surface area (Å²) in [4.78, 5) is 14.1. The molecule has 0 spiro atoms. The Morgan fingerprint density at radius 3 is 2.46 bits per heavy atom. The molecule has 0 aliphatic carbocycles. The second kappa shape index (κ2) is 7.49. The van der Waals surface area contributed by atoms with E-state index in [0.717, 1.165) is 43.7 Å². The number of hydrogen-bond donors (Lipinski definition) is 2. The third kappa shape index (κ3) is 3.60. The third-order valence-corrected chi connectivity index (χ3v) is 4.85. The molecule has 1 aliphatic heterocycles. The Morgan fingerprint density at radius 2 is 1.83 bits per heavy atom. The lowest BCUT2D eigenvalue weighted by atomic mass is 9.85. The lowest BCUT2D eigenvalue weighted by molar-refractivity contribution is 0.0694. The largest absolute Gasteiger partial charge is 0.478 e. The number of benzene rings is 2. The van der Waals surface area contributed by atoms with Crippen molar-refractivity contribution in [2.75, 3.05) is 25.5 Å². The van der Waals surface area contributed by atoms with Gasteiger partial charge < -0.3 is 10.4 Å². The van der Waals surface area contributed by atoms with Crippen molar-refractivity contribution in [3.8, 4) is 0 Å². The number of aromatic carboxylic acids is 1. The van der Waals surface area contributed by atoms with Crippen LogP contribution in [-0.2, 0) is 6.54 Å². The second-order valence-corrected chi connectivity index (χ2v) is 6.36. The standard InChI is InChI=1S/C20H24N2O2/c1-21-18-9-5-8-17(20(23)24)19(18)16-10-12-22(13-11-16)14-15-6-3-2-4-7-15/h2-9,16,21H,10-14H2,1H3,(H,23,24). The van der Waals surface area contributed by atoms with Gasteiger partial charge in [-0.1, -0.05) is 36.4 Å². The fourth-order valence-corrected chi connectivity index (χ4v) is 3.63. The maximum Gasteiger partial charge on any atom is 0.336 e. The molecule has 24 heavy (non-hydrogen) atoms. The summed E-state index contributed by atoms with van der Waals surface area (Å²) in [6, 6.07) is 16.0. The van der Waals surface area contributed by atoms with Crippen LogP contribution in [0.4, 0.5) is 5.69 Å². The van der Waals surface area contributed by atoms with Gasteiger partial charge in [0.25, 0.3) is 0 Å². The number of carboxylic acids is 1. The van der Waals surface area contributed by atoms with Gasteiger partial charge in [0, 0.05) is 19.3 Å². The molecule has 1 fully saturated rings. The zero-order valence-electron chi connectivity index (χ0n) is 14.0. The van der Waals surface area contributed by atoms with Crippen LogP contribution in [0.5, 0.6) is 0 Å². The van der Waals surface area contributed by atoms with Crippen molar-refractivity contribution in [3.05, 3.63) is 65.2 Å². The fourth-order valence-electron chi connectivity index (χ4n) is 3.63. The molecule has 4 nitrogen and oxygen atoms in total. The average molecular weight is 324 g/mol. The highest BCUT2D eigenvalue weighted by Gasteiger charge is 2.26. The molecular weight excluding hydrogens is 300 g/mol. The van der Waals surface area contributed by atoms with Crippen molar-refractivity contribution in [3.63, 3.8) is 0 Å². The minimum absolute atomic E-state index is 0.298. The van der Waals surface area contributed by atoms with Crippen molar-refractivity contribution in [2.24, 2.45) is 0 Å². The number of nitrogens with zero attached hydrogens (tertiary/aromatic N) is 1. The van der Waals surface area contributed by atoms with Crippen molar-refractivity contribution >= 4 is 11.7 Å². The van der Waals surface area contributed by atoms with Gasteiger partial charge in [-0.3, -0.25) is 4.90 Å². The van der Waals surface area contributed by atoms with Crippen LogP contribution >= 0.6 is 0 Å². The predicted molar refractivity (Wildman–Crippen MR) is 96.6 cm³/mol. The van der Waals surface area contributed by atoms with E-state index in [0.29, 0.717) is 11.5 Å². The first-order valence-corrected chi connectivity index (χ1v) is 8.49. The molecular formula is C20H24N2O2. The van der Waals surface area contributed by atoms with E-state index in [4.69, 9.17) is 0 Å². The Hall–Kier alpha value is -2.33. The van der Waals surface area contributed by atoms with Gasteiger partial charge in [0.05, 0.1) is 5.56 Å². The summed E-state index contributed by atoms with van der Waals surface area (Å²) >= 11 is 0. The van der Waals surface area contributed by atoms with Crippen LogP contribution in [0.1, 0.15) is 40.2 Å². The lowest BCUT2D eigenvalue weighted by Crippen LogP contribution is -2.33. The van der Waals surface area contributed by atoms with Crippen molar-refractivity contribution in [1.29, 1.82) is 0 Å². The zero-order valence-corrected chi connectivity index (χ0v) is 14.0. The van der Waals surface area contributed by atoms with Gasteiger partial charge in [-0.15, -0.1) is 0 Å². The molecule has 1 saturated heterocycles. The van der Waals surface area contributed by atoms with Crippen molar-refractivity contribution in [2.45, 2.75) is 25.3 Å². The number of carbonyl (C=O) groups is 1. The van der Waals surface area contributed by atoms with Crippen LogP contribution in [0.25, 0.3) is 0 Å². The first-order chi connectivity index (χ1) is 11.7. The maximum absolute atomic E-state index is 11.6. The summed E-state index contributed by atoms with van der Waals surface area (Å²) in [5, 5.41) is 12.7. The van der Waals surface area contributed by atoms with Crippen LogP contribution in [0, 0.1) is 0 Å². The smallest absolute Gasteiger partial charge is 0.336 e. The molecule has 0 radical (unpaired) electrons. The quantitative estimate of drug-likeness (QED) is 0.878. The Balaban J connectivity index is 1.72. The van der Waals surface area contributed by atoms with Gasteiger partial charge >= 0.3 is 5.97 Å². The summed E-state index contributed by atoms with van der Waals surface area (Å²) in [6.45, 7) is 2.96. The number of hydrogen-bond acceptors (Lipinski definition) is 3. The molecule has 0 unspecified atom stereocenters.